The van der Waals surface area contributed by atoms with Gasteiger partial charge < -0.3 is 5.11 Å². The predicted octanol–water partition coefficient (Wildman–Crippen LogP) is 3.03. The lowest BCUT2D eigenvalue weighted by molar-refractivity contribution is 0.434. The van der Waals surface area contributed by atoms with Crippen molar-refractivity contribution in [1.82, 2.24) is 4.57 Å². The molecule has 0 spiro atoms. The molecule has 2 aromatic rings. The Bertz CT molecular complexity index is 760. The van der Waals surface area contributed by atoms with Gasteiger partial charge >= 0.3 is 0 Å². The highest BCUT2D eigenvalue weighted by Gasteiger charge is 2.15. The van der Waals surface area contributed by atoms with Gasteiger partial charge in [-0.3, -0.25) is 4.79 Å². The zero-order chi connectivity index (χ0) is 14.2. The van der Waals surface area contributed by atoms with E-state index >= 15 is 0 Å². The lowest BCUT2D eigenvalue weighted by Gasteiger charge is -2.12. The molecule has 0 aliphatic carbocycles. The number of halogens is 2. The van der Waals surface area contributed by atoms with E-state index in [1.165, 1.54) is 18.2 Å². The van der Waals surface area contributed by atoms with Crippen molar-refractivity contribution in [3.8, 4) is 17.6 Å². The Morgan fingerprint density at radius 3 is 2.58 bits per heavy atom. The van der Waals surface area contributed by atoms with E-state index in [0.29, 0.717) is 10.6 Å². The van der Waals surface area contributed by atoms with Crippen LogP contribution in [0.5, 0.6) is 5.88 Å². The maximum atomic E-state index is 12.2. The molecule has 1 aromatic heterocycles. The molecule has 0 aliphatic heterocycles. The lowest BCUT2D eigenvalue weighted by atomic mass is 10.1. The van der Waals surface area contributed by atoms with Crippen molar-refractivity contribution < 1.29 is 5.11 Å². The van der Waals surface area contributed by atoms with Crippen LogP contribution in [0.4, 0.5) is 0 Å². The van der Waals surface area contributed by atoms with Crippen molar-refractivity contribution in [3.63, 3.8) is 0 Å². The SMILES string of the molecule is Cc1cc(O)n(-c2ccc(Cl)cc2Cl)c(=O)c1C#N. The van der Waals surface area contributed by atoms with Crippen LogP contribution in [0, 0.1) is 18.3 Å². The van der Waals surface area contributed by atoms with Gasteiger partial charge in [0.25, 0.3) is 5.56 Å². The number of aromatic nitrogens is 1. The molecule has 0 saturated carbocycles. The van der Waals surface area contributed by atoms with Crippen LogP contribution < -0.4 is 5.56 Å². The highest BCUT2D eigenvalue weighted by molar-refractivity contribution is 6.35. The molecule has 0 atom stereocenters. The Kier molecular flexibility index (Phi) is 3.52. The Morgan fingerprint density at radius 2 is 2.00 bits per heavy atom. The normalized spacial score (nSPS) is 10.2. The predicted molar refractivity (Wildman–Crippen MR) is 73.2 cm³/mol. The van der Waals surface area contributed by atoms with Gasteiger partial charge in [-0.25, -0.2) is 4.57 Å². The molecule has 0 unspecified atom stereocenters. The zero-order valence-corrected chi connectivity index (χ0v) is 11.3. The maximum Gasteiger partial charge on any atom is 0.276 e. The van der Waals surface area contributed by atoms with Crippen molar-refractivity contribution >= 4 is 23.2 Å². The number of aromatic hydroxyl groups is 1. The quantitative estimate of drug-likeness (QED) is 0.879. The monoisotopic (exact) mass is 294 g/mol. The number of nitriles is 1. The van der Waals surface area contributed by atoms with E-state index in [2.05, 4.69) is 0 Å². The summed E-state index contributed by atoms with van der Waals surface area (Å²) in [6.07, 6.45) is 0. The number of pyridine rings is 1. The Labute approximate surface area is 119 Å². The first-order chi connectivity index (χ1) is 8.95. The Balaban J connectivity index is 2.84. The first kappa shape index (κ1) is 13.5. The van der Waals surface area contributed by atoms with Crippen LogP contribution in [-0.4, -0.2) is 9.67 Å². The van der Waals surface area contributed by atoms with E-state index < -0.39 is 5.56 Å². The topological polar surface area (TPSA) is 66.0 Å². The molecule has 0 radical (unpaired) electrons. The lowest BCUT2D eigenvalue weighted by Crippen LogP contribution is -2.22. The van der Waals surface area contributed by atoms with Gasteiger partial charge in [-0.05, 0) is 30.7 Å². The number of aryl methyl sites for hydroxylation is 1. The minimum absolute atomic E-state index is 0.0381. The highest BCUT2D eigenvalue weighted by Crippen LogP contribution is 2.26. The zero-order valence-electron chi connectivity index (χ0n) is 9.82. The van der Waals surface area contributed by atoms with E-state index in [1.807, 2.05) is 6.07 Å². The minimum atomic E-state index is -0.621. The smallest absolute Gasteiger partial charge is 0.276 e. The fourth-order valence-electron chi connectivity index (χ4n) is 1.75. The first-order valence-electron chi connectivity index (χ1n) is 5.27. The molecule has 2 rings (SSSR count). The van der Waals surface area contributed by atoms with Crippen LogP contribution >= 0.6 is 23.2 Å². The van der Waals surface area contributed by atoms with Crippen molar-refractivity contribution in [1.29, 1.82) is 5.26 Å². The summed E-state index contributed by atoms with van der Waals surface area (Å²) in [5, 5.41) is 19.5. The van der Waals surface area contributed by atoms with Crippen molar-refractivity contribution in [2.45, 2.75) is 6.92 Å². The second-order valence-electron chi connectivity index (χ2n) is 3.91. The molecule has 96 valence electrons. The summed E-state index contributed by atoms with van der Waals surface area (Å²) < 4.78 is 0.976. The summed E-state index contributed by atoms with van der Waals surface area (Å²) in [5.74, 6) is -0.286. The Morgan fingerprint density at radius 1 is 1.32 bits per heavy atom. The molecule has 0 fully saturated rings. The van der Waals surface area contributed by atoms with Gasteiger partial charge in [0, 0.05) is 11.1 Å². The van der Waals surface area contributed by atoms with Gasteiger partial charge in [0.1, 0.15) is 11.6 Å². The number of hydrogen-bond acceptors (Lipinski definition) is 3. The summed E-state index contributed by atoms with van der Waals surface area (Å²) in [7, 11) is 0. The van der Waals surface area contributed by atoms with E-state index in [0.717, 1.165) is 4.57 Å². The third-order valence-corrected chi connectivity index (χ3v) is 3.19. The van der Waals surface area contributed by atoms with Crippen molar-refractivity contribution in [3.05, 3.63) is 55.8 Å². The van der Waals surface area contributed by atoms with E-state index in [1.54, 1.807) is 13.0 Å². The minimum Gasteiger partial charge on any atom is -0.494 e. The summed E-state index contributed by atoms with van der Waals surface area (Å²) >= 11 is 11.8. The van der Waals surface area contributed by atoms with Crippen LogP contribution in [-0.2, 0) is 0 Å². The largest absolute Gasteiger partial charge is 0.494 e. The fourth-order valence-corrected chi connectivity index (χ4v) is 2.24. The van der Waals surface area contributed by atoms with Gasteiger partial charge in [0.2, 0.25) is 0 Å². The van der Waals surface area contributed by atoms with Gasteiger partial charge in [-0.15, -0.1) is 0 Å². The molecule has 6 heteroatoms. The molecule has 0 amide bonds. The first-order valence-corrected chi connectivity index (χ1v) is 6.02. The summed E-state index contributed by atoms with van der Waals surface area (Å²) in [6, 6.07) is 7.66. The molecule has 1 aromatic carbocycles. The highest BCUT2D eigenvalue weighted by atomic mass is 35.5. The third-order valence-electron chi connectivity index (χ3n) is 2.65. The molecular formula is C13H8Cl2N2O2. The summed E-state index contributed by atoms with van der Waals surface area (Å²) in [5.41, 5.74) is 0.0180. The second kappa shape index (κ2) is 4.96. The average Bonchev–Trinajstić information content (AvgIpc) is 2.31. The van der Waals surface area contributed by atoms with E-state index in [4.69, 9.17) is 28.5 Å². The van der Waals surface area contributed by atoms with Crippen molar-refractivity contribution in [2.75, 3.05) is 0 Å². The second-order valence-corrected chi connectivity index (χ2v) is 4.75. The van der Waals surface area contributed by atoms with Crippen molar-refractivity contribution in [2.24, 2.45) is 0 Å². The van der Waals surface area contributed by atoms with Gasteiger partial charge in [-0.2, -0.15) is 5.26 Å². The van der Waals surface area contributed by atoms with Crippen LogP contribution in [0.2, 0.25) is 10.0 Å². The molecule has 1 N–H and O–H groups in total. The number of nitrogens with zero attached hydrogens (tertiary/aromatic N) is 2. The molecular weight excluding hydrogens is 287 g/mol. The molecule has 4 nitrogen and oxygen atoms in total. The standard InChI is InChI=1S/C13H8Cl2N2O2/c1-7-4-12(18)17(13(19)9(7)6-16)11-3-2-8(14)5-10(11)15/h2-5,18H,1H3. The third kappa shape index (κ3) is 2.30. The summed E-state index contributed by atoms with van der Waals surface area (Å²) in [4.78, 5) is 12.2. The van der Waals surface area contributed by atoms with Gasteiger partial charge in [0.05, 0.1) is 10.7 Å². The van der Waals surface area contributed by atoms with E-state index in [9.17, 15) is 9.90 Å². The molecule has 0 bridgehead atoms. The molecule has 1 heterocycles. The van der Waals surface area contributed by atoms with E-state index in [-0.39, 0.29) is 22.2 Å². The van der Waals surface area contributed by atoms with Gasteiger partial charge in [-0.1, -0.05) is 23.2 Å². The van der Waals surface area contributed by atoms with Crippen LogP contribution in [0.3, 0.4) is 0 Å². The average molecular weight is 295 g/mol. The summed E-state index contributed by atoms with van der Waals surface area (Å²) in [6.45, 7) is 1.58. The van der Waals surface area contributed by atoms with Crippen LogP contribution in [0.1, 0.15) is 11.1 Å². The molecule has 0 saturated heterocycles. The fraction of sp³-hybridized carbons (Fsp3) is 0.0769. The number of benzene rings is 1. The maximum absolute atomic E-state index is 12.2. The number of hydrogen-bond donors (Lipinski definition) is 1. The Hall–Kier alpha value is -1.96. The molecule has 19 heavy (non-hydrogen) atoms. The molecule has 0 aliphatic rings. The van der Waals surface area contributed by atoms with Gasteiger partial charge in [0.15, 0.2) is 5.88 Å². The van der Waals surface area contributed by atoms with Crippen LogP contribution in [0.15, 0.2) is 29.1 Å². The van der Waals surface area contributed by atoms with Crippen LogP contribution in [0.25, 0.3) is 5.69 Å². The number of rotatable bonds is 1.